The average Bonchev–Trinajstić information content (AvgIpc) is 3.35. The Morgan fingerprint density at radius 1 is 1.24 bits per heavy atom. The monoisotopic (exact) mass is 336 g/mol. The number of aldehydes is 1. The molecule has 0 atom stereocenters. The molecule has 0 saturated heterocycles. The second-order valence-electron chi connectivity index (χ2n) is 7.06. The maximum atomic E-state index is 14.1. The van der Waals surface area contributed by atoms with Gasteiger partial charge in [-0.1, -0.05) is 0 Å². The van der Waals surface area contributed by atoms with E-state index in [1.54, 1.807) is 18.3 Å². The third kappa shape index (κ3) is 2.35. The van der Waals surface area contributed by atoms with E-state index in [0.29, 0.717) is 22.5 Å². The van der Waals surface area contributed by atoms with Gasteiger partial charge in [0.1, 0.15) is 12.0 Å². The summed E-state index contributed by atoms with van der Waals surface area (Å²) in [5, 5.41) is 5.29. The summed E-state index contributed by atoms with van der Waals surface area (Å²) in [5.41, 5.74) is 3.24. The van der Waals surface area contributed by atoms with E-state index in [2.05, 4.69) is 9.97 Å². The van der Waals surface area contributed by atoms with E-state index in [0.717, 1.165) is 43.2 Å². The largest absolute Gasteiger partial charge is 0.303 e. The van der Waals surface area contributed by atoms with E-state index in [9.17, 15) is 9.18 Å². The minimum Gasteiger partial charge on any atom is -0.303 e. The summed E-state index contributed by atoms with van der Waals surface area (Å²) in [6.45, 7) is 0. The van der Waals surface area contributed by atoms with Crippen LogP contribution in [0.5, 0.6) is 0 Å². The molecule has 25 heavy (non-hydrogen) atoms. The van der Waals surface area contributed by atoms with Gasteiger partial charge in [0.25, 0.3) is 0 Å². The number of nitrogens with zero attached hydrogens (tertiary/aromatic N) is 4. The number of hydrogen-bond acceptors (Lipinski definition) is 4. The van der Waals surface area contributed by atoms with E-state index in [1.807, 2.05) is 10.9 Å². The van der Waals surface area contributed by atoms with Crippen LogP contribution in [0, 0.1) is 11.7 Å². The number of carbonyl (C=O) groups excluding carboxylic acids is 1. The van der Waals surface area contributed by atoms with E-state index < -0.39 is 0 Å². The van der Waals surface area contributed by atoms with Crippen LogP contribution in [0.15, 0.2) is 30.7 Å². The fourth-order valence-electron chi connectivity index (χ4n) is 3.63. The van der Waals surface area contributed by atoms with Gasteiger partial charge in [-0.3, -0.25) is 14.6 Å². The van der Waals surface area contributed by atoms with Crippen molar-refractivity contribution in [3.8, 4) is 11.3 Å². The van der Waals surface area contributed by atoms with Crippen molar-refractivity contribution in [3.05, 3.63) is 42.2 Å². The molecule has 5 rings (SSSR count). The van der Waals surface area contributed by atoms with Gasteiger partial charge >= 0.3 is 0 Å². The molecule has 0 unspecified atom stereocenters. The average molecular weight is 336 g/mol. The van der Waals surface area contributed by atoms with E-state index in [4.69, 9.17) is 5.10 Å². The molecule has 0 spiro atoms. The fraction of sp³-hybridized carbons (Fsp3) is 0.368. The molecule has 0 amide bonds. The first-order valence-corrected chi connectivity index (χ1v) is 8.68. The summed E-state index contributed by atoms with van der Waals surface area (Å²) >= 11 is 0. The summed E-state index contributed by atoms with van der Waals surface area (Å²) < 4.78 is 16.1. The van der Waals surface area contributed by atoms with Crippen molar-refractivity contribution in [3.63, 3.8) is 0 Å². The Labute approximate surface area is 143 Å². The Bertz CT molecular complexity index is 973. The zero-order valence-corrected chi connectivity index (χ0v) is 13.6. The molecule has 6 heteroatoms. The molecule has 3 heterocycles. The number of hydrogen-bond donors (Lipinski definition) is 0. The Morgan fingerprint density at radius 2 is 2.08 bits per heavy atom. The van der Waals surface area contributed by atoms with Crippen molar-refractivity contribution in [1.29, 1.82) is 0 Å². The number of pyridine rings is 2. The van der Waals surface area contributed by atoms with Crippen molar-refractivity contribution >= 4 is 17.2 Å². The summed E-state index contributed by atoms with van der Waals surface area (Å²) in [6.07, 6.45) is 9.88. The highest BCUT2D eigenvalue weighted by Crippen LogP contribution is 2.46. The highest BCUT2D eigenvalue weighted by Gasteiger charge is 2.35. The minimum absolute atomic E-state index is 0.147. The zero-order valence-electron chi connectivity index (χ0n) is 13.6. The highest BCUT2D eigenvalue weighted by molar-refractivity contribution is 5.92. The smallest absolute Gasteiger partial charge is 0.150 e. The van der Waals surface area contributed by atoms with Gasteiger partial charge in [0.15, 0.2) is 5.82 Å². The van der Waals surface area contributed by atoms with Gasteiger partial charge in [-0.05, 0) is 37.8 Å². The van der Waals surface area contributed by atoms with Crippen LogP contribution in [-0.2, 0) is 4.79 Å². The lowest BCUT2D eigenvalue weighted by molar-refractivity contribution is -0.114. The molecular weight excluding hydrogens is 319 g/mol. The van der Waals surface area contributed by atoms with E-state index in [1.165, 1.54) is 6.20 Å². The van der Waals surface area contributed by atoms with Crippen LogP contribution >= 0.6 is 0 Å². The molecule has 2 aliphatic carbocycles. The van der Waals surface area contributed by atoms with Crippen LogP contribution in [0.1, 0.15) is 43.3 Å². The minimum atomic E-state index is -0.361. The molecule has 126 valence electrons. The first kappa shape index (κ1) is 14.7. The van der Waals surface area contributed by atoms with E-state index in [-0.39, 0.29) is 17.8 Å². The van der Waals surface area contributed by atoms with Gasteiger partial charge in [-0.2, -0.15) is 5.10 Å². The summed E-state index contributed by atoms with van der Waals surface area (Å²) in [5.74, 6) is 0.234. The van der Waals surface area contributed by atoms with Crippen molar-refractivity contribution in [2.75, 3.05) is 0 Å². The maximum Gasteiger partial charge on any atom is 0.150 e. The standard InChI is InChI=1S/C19H17FN4O/c20-16-8-22-19(18-14(16)2-1-5-21-18)15-9-24(13-6-11(7-13)10-25)23-17(15)12-3-4-12/h1-2,5,8-13H,3-4,6-7H2/t11-,13-. The van der Waals surface area contributed by atoms with Crippen LogP contribution in [-0.4, -0.2) is 26.0 Å². The first-order chi connectivity index (χ1) is 12.2. The fourth-order valence-corrected chi connectivity index (χ4v) is 3.63. The van der Waals surface area contributed by atoms with Crippen LogP contribution in [0.2, 0.25) is 0 Å². The Balaban J connectivity index is 1.63. The highest BCUT2D eigenvalue weighted by atomic mass is 19.1. The second-order valence-corrected chi connectivity index (χ2v) is 7.06. The summed E-state index contributed by atoms with van der Waals surface area (Å²) in [7, 11) is 0. The first-order valence-electron chi connectivity index (χ1n) is 8.68. The predicted octanol–water partition coefficient (Wildman–Crippen LogP) is 3.66. The second kappa shape index (κ2) is 5.44. The number of halogens is 1. The SMILES string of the molecule is O=C[C@H]1C[C@H](n2cc(-c3ncc(F)c4cccnc34)c(C3CC3)n2)C1. The van der Waals surface area contributed by atoms with Crippen molar-refractivity contribution in [2.45, 2.75) is 37.6 Å². The molecule has 2 fully saturated rings. The Kier molecular flexibility index (Phi) is 3.20. The normalized spacial score (nSPS) is 22.8. The molecule has 0 aliphatic heterocycles. The lowest BCUT2D eigenvalue weighted by Gasteiger charge is -2.31. The van der Waals surface area contributed by atoms with Crippen molar-refractivity contribution in [1.82, 2.24) is 19.7 Å². The molecule has 3 aromatic rings. The Hall–Kier alpha value is -2.63. The van der Waals surface area contributed by atoms with Crippen molar-refractivity contribution in [2.24, 2.45) is 5.92 Å². The van der Waals surface area contributed by atoms with Crippen LogP contribution in [0.4, 0.5) is 4.39 Å². The summed E-state index contributed by atoms with van der Waals surface area (Å²) in [6, 6.07) is 3.72. The maximum absolute atomic E-state index is 14.1. The number of aromatic nitrogens is 4. The molecular formula is C19H17FN4O. The molecule has 0 radical (unpaired) electrons. The topological polar surface area (TPSA) is 60.7 Å². The van der Waals surface area contributed by atoms with Gasteiger partial charge in [-0.25, -0.2) is 4.39 Å². The van der Waals surface area contributed by atoms with Gasteiger partial charge in [0, 0.05) is 35.2 Å². The van der Waals surface area contributed by atoms with Gasteiger partial charge < -0.3 is 4.79 Å². The number of rotatable bonds is 4. The van der Waals surface area contributed by atoms with Crippen molar-refractivity contribution < 1.29 is 9.18 Å². The van der Waals surface area contributed by atoms with Crippen LogP contribution in [0.25, 0.3) is 22.2 Å². The molecule has 0 bridgehead atoms. The molecule has 2 aliphatic rings. The third-order valence-corrected chi connectivity index (χ3v) is 5.29. The van der Waals surface area contributed by atoms with Gasteiger partial charge in [-0.15, -0.1) is 0 Å². The quantitative estimate of drug-likeness (QED) is 0.682. The summed E-state index contributed by atoms with van der Waals surface area (Å²) in [4.78, 5) is 19.6. The van der Waals surface area contributed by atoms with Crippen LogP contribution in [0.3, 0.4) is 0 Å². The lowest BCUT2D eigenvalue weighted by Crippen LogP contribution is -2.28. The predicted molar refractivity (Wildman–Crippen MR) is 90.5 cm³/mol. The molecule has 0 N–H and O–H groups in total. The molecule has 0 aromatic carbocycles. The molecule has 3 aromatic heterocycles. The van der Waals surface area contributed by atoms with Gasteiger partial charge in [0.05, 0.1) is 23.4 Å². The lowest BCUT2D eigenvalue weighted by atomic mass is 9.81. The molecule has 2 saturated carbocycles. The third-order valence-electron chi connectivity index (χ3n) is 5.29. The van der Waals surface area contributed by atoms with Crippen LogP contribution < -0.4 is 0 Å². The van der Waals surface area contributed by atoms with E-state index >= 15 is 0 Å². The number of carbonyl (C=O) groups is 1. The van der Waals surface area contributed by atoms with Gasteiger partial charge in [0.2, 0.25) is 0 Å². The Morgan fingerprint density at radius 3 is 2.84 bits per heavy atom. The number of fused-ring (bicyclic) bond motifs is 1. The molecule has 5 nitrogen and oxygen atoms in total. The zero-order chi connectivity index (χ0) is 17.0.